The maximum Gasteiger partial charge on any atom is 0.178 e. The number of rotatable bonds is 0. The van der Waals surface area contributed by atoms with Crippen molar-refractivity contribution in [2.75, 3.05) is 0 Å². The summed E-state index contributed by atoms with van der Waals surface area (Å²) in [5.74, 6) is 0.706. The number of fused-ring (bicyclic) bond motifs is 6. The molecule has 18 heavy (non-hydrogen) atoms. The van der Waals surface area contributed by atoms with E-state index in [-0.39, 0.29) is 20.1 Å². The summed E-state index contributed by atoms with van der Waals surface area (Å²) in [6.07, 6.45) is 0. The summed E-state index contributed by atoms with van der Waals surface area (Å²) in [6, 6.07) is 11.6. The summed E-state index contributed by atoms with van der Waals surface area (Å²) in [6.45, 7) is 1.88. The number of benzene rings is 2. The zero-order chi connectivity index (χ0) is 11.4. The number of nitrogens with zero attached hydrogens (tertiary/aromatic N) is 1. The first kappa shape index (κ1) is 11.8. The van der Waals surface area contributed by atoms with Gasteiger partial charge in [0.25, 0.3) is 0 Å². The molecule has 0 saturated heterocycles. The third kappa shape index (κ3) is 1.46. The van der Waals surface area contributed by atoms with E-state index in [0.717, 1.165) is 21.9 Å². The maximum absolute atomic E-state index is 5.73. The fraction of sp³-hybridized carbons (Fsp3) is 0.0714. The van der Waals surface area contributed by atoms with Crippen LogP contribution in [-0.4, -0.2) is 4.98 Å². The van der Waals surface area contributed by atoms with Crippen molar-refractivity contribution in [3.05, 3.63) is 41.6 Å². The van der Waals surface area contributed by atoms with E-state index in [9.17, 15) is 0 Å². The van der Waals surface area contributed by atoms with Gasteiger partial charge in [-0.25, -0.2) is 11.3 Å². The molecule has 0 amide bonds. The molecular formula is C14H8IrNOS-. The van der Waals surface area contributed by atoms with Crippen LogP contribution in [0.2, 0.25) is 0 Å². The predicted molar refractivity (Wildman–Crippen MR) is 70.5 cm³/mol. The van der Waals surface area contributed by atoms with Gasteiger partial charge in [0, 0.05) is 37.9 Å². The van der Waals surface area contributed by atoms with Gasteiger partial charge < -0.3 is 4.42 Å². The van der Waals surface area contributed by atoms with E-state index in [1.54, 1.807) is 11.3 Å². The van der Waals surface area contributed by atoms with Crippen molar-refractivity contribution in [1.29, 1.82) is 0 Å². The molecular weight excluding hydrogens is 422 g/mol. The van der Waals surface area contributed by atoms with Crippen molar-refractivity contribution in [3.8, 4) is 0 Å². The predicted octanol–water partition coefficient (Wildman–Crippen LogP) is 4.30. The van der Waals surface area contributed by atoms with Gasteiger partial charge in [-0.15, -0.1) is 5.39 Å². The number of thiophene rings is 1. The van der Waals surface area contributed by atoms with Gasteiger partial charge in [-0.1, -0.05) is 39.7 Å². The van der Waals surface area contributed by atoms with E-state index in [2.05, 4.69) is 29.2 Å². The third-order valence-corrected chi connectivity index (χ3v) is 3.89. The van der Waals surface area contributed by atoms with Gasteiger partial charge in [0.1, 0.15) is 5.58 Å². The van der Waals surface area contributed by atoms with Crippen LogP contribution in [0.25, 0.3) is 32.0 Å². The summed E-state index contributed by atoms with van der Waals surface area (Å²) in [7, 11) is 0. The number of aryl methyl sites for hydroxylation is 1. The topological polar surface area (TPSA) is 26.0 Å². The minimum atomic E-state index is 0. The Hall–Kier alpha value is -1.22. The van der Waals surface area contributed by atoms with Gasteiger partial charge in [0.05, 0.1) is 0 Å². The molecule has 4 rings (SSSR count). The van der Waals surface area contributed by atoms with Crippen LogP contribution in [0.3, 0.4) is 0 Å². The minimum Gasteiger partial charge on any atom is -0.454 e. The Labute approximate surface area is 121 Å². The monoisotopic (exact) mass is 431 g/mol. The summed E-state index contributed by atoms with van der Waals surface area (Å²) in [4.78, 5) is 4.47. The standard InChI is InChI=1S/C14H8NOS.Ir/c1-8-15-12-11-6-7-17-14(11)10-5-3-2-4-9(10)13(12)16-8;/h2-5,7H,1H3;/q-1;. The Morgan fingerprint density at radius 2 is 2.00 bits per heavy atom. The summed E-state index contributed by atoms with van der Waals surface area (Å²) >= 11 is 1.70. The van der Waals surface area contributed by atoms with Gasteiger partial charge in [-0.3, -0.25) is 4.98 Å². The number of aromatic nitrogens is 1. The van der Waals surface area contributed by atoms with Crippen LogP contribution in [-0.2, 0) is 20.1 Å². The second-order valence-electron chi connectivity index (χ2n) is 4.04. The Kier molecular flexibility index (Phi) is 2.74. The van der Waals surface area contributed by atoms with Crippen LogP contribution in [0.15, 0.2) is 34.1 Å². The molecule has 2 aromatic heterocycles. The van der Waals surface area contributed by atoms with Crippen molar-refractivity contribution in [2.45, 2.75) is 6.92 Å². The average Bonchev–Trinajstić information content (AvgIpc) is 2.94. The average molecular weight is 431 g/mol. The summed E-state index contributed by atoms with van der Waals surface area (Å²) < 4.78 is 6.97. The van der Waals surface area contributed by atoms with E-state index in [0.29, 0.717) is 5.89 Å². The van der Waals surface area contributed by atoms with Crippen LogP contribution in [0.1, 0.15) is 5.89 Å². The van der Waals surface area contributed by atoms with Crippen LogP contribution in [0.5, 0.6) is 0 Å². The molecule has 0 aliphatic heterocycles. The summed E-state index contributed by atoms with van der Waals surface area (Å²) in [5.41, 5.74) is 1.80. The van der Waals surface area contributed by atoms with Crippen molar-refractivity contribution < 1.29 is 24.5 Å². The van der Waals surface area contributed by atoms with Crippen molar-refractivity contribution in [2.24, 2.45) is 0 Å². The van der Waals surface area contributed by atoms with E-state index in [1.807, 2.05) is 18.4 Å². The molecule has 2 heterocycles. The fourth-order valence-corrected chi connectivity index (χ4v) is 3.18. The molecule has 0 fully saturated rings. The van der Waals surface area contributed by atoms with Crippen LogP contribution in [0.4, 0.5) is 0 Å². The molecule has 2 nitrogen and oxygen atoms in total. The van der Waals surface area contributed by atoms with Crippen molar-refractivity contribution in [3.63, 3.8) is 0 Å². The Bertz CT molecular complexity index is 862. The Balaban J connectivity index is 0.000001000. The maximum atomic E-state index is 5.73. The van der Waals surface area contributed by atoms with Crippen LogP contribution >= 0.6 is 11.3 Å². The molecule has 0 aliphatic carbocycles. The fourth-order valence-electron chi connectivity index (χ4n) is 2.30. The van der Waals surface area contributed by atoms with Gasteiger partial charge in [-0.2, -0.15) is 6.07 Å². The molecule has 0 unspecified atom stereocenters. The second-order valence-corrected chi connectivity index (χ2v) is 4.92. The quantitative estimate of drug-likeness (QED) is 0.389. The second kappa shape index (κ2) is 4.16. The Morgan fingerprint density at radius 1 is 1.22 bits per heavy atom. The molecule has 0 N–H and O–H groups in total. The molecule has 2 aromatic carbocycles. The SMILES string of the molecule is Cc1nc2c3[c-]csc3c3ccccc3c2o1.[Ir]. The first-order chi connectivity index (χ1) is 8.34. The summed E-state index contributed by atoms with van der Waals surface area (Å²) in [5, 5.41) is 5.41. The number of hydrogen-bond acceptors (Lipinski definition) is 3. The smallest absolute Gasteiger partial charge is 0.178 e. The van der Waals surface area contributed by atoms with Gasteiger partial charge in [-0.05, 0) is 0 Å². The Morgan fingerprint density at radius 3 is 2.83 bits per heavy atom. The molecule has 1 radical (unpaired) electrons. The van der Waals surface area contributed by atoms with Gasteiger partial charge >= 0.3 is 0 Å². The van der Waals surface area contributed by atoms with Crippen LogP contribution < -0.4 is 0 Å². The largest absolute Gasteiger partial charge is 0.454 e. The normalized spacial score (nSPS) is 11.2. The molecule has 0 spiro atoms. The minimum absolute atomic E-state index is 0. The van der Waals surface area contributed by atoms with Gasteiger partial charge in [0.15, 0.2) is 5.89 Å². The van der Waals surface area contributed by atoms with Crippen LogP contribution in [0, 0.1) is 13.0 Å². The van der Waals surface area contributed by atoms with Gasteiger partial charge in [0.2, 0.25) is 0 Å². The zero-order valence-corrected chi connectivity index (χ0v) is 12.7. The third-order valence-electron chi connectivity index (χ3n) is 2.99. The molecule has 4 aromatic rings. The zero-order valence-electron chi connectivity index (χ0n) is 9.48. The molecule has 4 heteroatoms. The molecule has 91 valence electrons. The number of oxazole rings is 1. The van der Waals surface area contributed by atoms with E-state index in [1.165, 1.54) is 10.1 Å². The van der Waals surface area contributed by atoms with Crippen molar-refractivity contribution >= 4 is 43.3 Å². The first-order valence-electron chi connectivity index (χ1n) is 5.41. The van der Waals surface area contributed by atoms with E-state index in [4.69, 9.17) is 4.42 Å². The molecule has 0 bridgehead atoms. The molecule has 0 aliphatic rings. The van der Waals surface area contributed by atoms with Crippen molar-refractivity contribution in [1.82, 2.24) is 4.98 Å². The molecule has 0 saturated carbocycles. The first-order valence-corrected chi connectivity index (χ1v) is 6.29. The van der Waals surface area contributed by atoms with E-state index < -0.39 is 0 Å². The number of hydrogen-bond donors (Lipinski definition) is 0. The molecule has 0 atom stereocenters. The van der Waals surface area contributed by atoms with E-state index >= 15 is 0 Å².